The van der Waals surface area contributed by atoms with Crippen LogP contribution in [-0.4, -0.2) is 65.6 Å². The van der Waals surface area contributed by atoms with E-state index in [0.717, 1.165) is 67.6 Å². The summed E-state index contributed by atoms with van der Waals surface area (Å²) in [7, 11) is 0. The fraction of sp³-hybridized carbons (Fsp3) is 0.500. The molecule has 0 bridgehead atoms. The summed E-state index contributed by atoms with van der Waals surface area (Å²) < 4.78 is 18.7. The number of halogens is 1. The fourth-order valence-corrected chi connectivity index (χ4v) is 3.98. The van der Waals surface area contributed by atoms with Crippen LogP contribution in [0.15, 0.2) is 35.6 Å². The van der Waals surface area contributed by atoms with Crippen LogP contribution >= 0.6 is 0 Å². The minimum absolute atomic E-state index is 0.00344. The molecule has 3 heterocycles. The molecule has 1 aromatic carbocycles. The van der Waals surface area contributed by atoms with E-state index in [1.165, 1.54) is 5.56 Å². The Labute approximate surface area is 170 Å². The van der Waals surface area contributed by atoms with Crippen molar-refractivity contribution in [2.45, 2.75) is 31.9 Å². The Morgan fingerprint density at radius 3 is 2.69 bits per heavy atom. The molecule has 0 amide bonds. The van der Waals surface area contributed by atoms with Crippen molar-refractivity contribution in [3.63, 3.8) is 0 Å². The van der Waals surface area contributed by atoms with Crippen LogP contribution in [0.2, 0.25) is 0 Å². The summed E-state index contributed by atoms with van der Waals surface area (Å²) in [6.07, 6.45) is 3.84. The summed E-state index contributed by atoms with van der Waals surface area (Å²) in [4.78, 5) is 18.1. The van der Waals surface area contributed by atoms with E-state index in [1.54, 1.807) is 6.33 Å². The Kier molecular flexibility index (Phi) is 4.70. The quantitative estimate of drug-likeness (QED) is 0.753. The molecule has 0 radical (unpaired) electrons. The molecule has 5 rings (SSSR count). The number of aliphatic imine (C=N–C) groups is 1. The van der Waals surface area contributed by atoms with Crippen molar-refractivity contribution in [2.75, 3.05) is 44.3 Å². The Morgan fingerprint density at radius 1 is 1.10 bits per heavy atom. The molecule has 1 aromatic heterocycles. The number of hydrogen-bond acceptors (Lipinski definition) is 6. The average Bonchev–Trinajstić information content (AvgIpc) is 3.31. The van der Waals surface area contributed by atoms with E-state index in [4.69, 9.17) is 9.73 Å². The maximum Gasteiger partial charge on any atom is 0.132 e. The maximum atomic E-state index is 12.6. The Hall–Kier alpha value is -2.54. The van der Waals surface area contributed by atoms with E-state index >= 15 is 0 Å². The third-order valence-electron chi connectivity index (χ3n) is 6.05. The maximum absolute atomic E-state index is 12.6. The normalized spacial score (nSPS) is 20.3. The largest absolute Gasteiger partial charge is 0.488 e. The molecule has 29 heavy (non-hydrogen) atoms. The third-order valence-corrected chi connectivity index (χ3v) is 6.05. The van der Waals surface area contributed by atoms with Gasteiger partial charge in [-0.2, -0.15) is 0 Å². The van der Waals surface area contributed by atoms with Crippen molar-refractivity contribution in [2.24, 2.45) is 4.99 Å². The van der Waals surface area contributed by atoms with E-state index in [-0.39, 0.29) is 12.3 Å². The highest BCUT2D eigenvalue weighted by Crippen LogP contribution is 2.40. The van der Waals surface area contributed by atoms with Crippen LogP contribution in [0, 0.1) is 0 Å². The highest BCUT2D eigenvalue weighted by Gasteiger charge is 2.40. The number of ether oxygens (including phenoxy) is 1. The average molecular weight is 395 g/mol. The van der Waals surface area contributed by atoms with Gasteiger partial charge >= 0.3 is 0 Å². The van der Waals surface area contributed by atoms with Gasteiger partial charge in [0.15, 0.2) is 0 Å². The van der Waals surface area contributed by atoms with Crippen LogP contribution in [0.4, 0.5) is 10.2 Å². The van der Waals surface area contributed by atoms with Crippen LogP contribution in [0.3, 0.4) is 0 Å². The Morgan fingerprint density at radius 2 is 1.93 bits per heavy atom. The Balaban J connectivity index is 1.35. The molecule has 0 N–H and O–H groups in total. The summed E-state index contributed by atoms with van der Waals surface area (Å²) in [5.41, 5.74) is 4.05. The first-order valence-electron chi connectivity index (χ1n) is 10.4. The standard InChI is InChI=1S/C22H26FN5O/c1-22(4-5-22)29-17-3-2-16-14-24-21(18(16)12-17)19-13-20(26-15-25-19)28-10-8-27(7-6-23)9-11-28/h2-3,12-13,15H,4-11,14H2,1H3. The number of alkyl halides is 1. The number of benzene rings is 1. The van der Waals surface area contributed by atoms with E-state index in [2.05, 4.69) is 38.8 Å². The lowest BCUT2D eigenvalue weighted by Gasteiger charge is -2.34. The van der Waals surface area contributed by atoms with Crippen LogP contribution < -0.4 is 9.64 Å². The minimum Gasteiger partial charge on any atom is -0.488 e. The van der Waals surface area contributed by atoms with Crippen LogP contribution in [0.25, 0.3) is 0 Å². The monoisotopic (exact) mass is 395 g/mol. The number of rotatable bonds is 6. The van der Waals surface area contributed by atoms with Gasteiger partial charge in [0.25, 0.3) is 0 Å². The molecule has 2 fully saturated rings. The zero-order chi connectivity index (χ0) is 19.8. The molecule has 1 aliphatic carbocycles. The molecule has 3 aliphatic rings. The first kappa shape index (κ1) is 18.5. The van der Waals surface area contributed by atoms with Crippen molar-refractivity contribution in [3.8, 4) is 5.75 Å². The SMILES string of the molecule is CC1(Oc2ccc3c(c2)C(c2cc(N4CCN(CCF)CC4)ncn2)=NC3)CC1. The van der Waals surface area contributed by atoms with Crippen molar-refractivity contribution in [1.82, 2.24) is 14.9 Å². The van der Waals surface area contributed by atoms with Crippen molar-refractivity contribution in [1.29, 1.82) is 0 Å². The second kappa shape index (κ2) is 7.37. The number of aromatic nitrogens is 2. The molecule has 0 unspecified atom stereocenters. The molecule has 1 saturated heterocycles. The van der Waals surface area contributed by atoms with Gasteiger partial charge in [0.1, 0.15) is 30.2 Å². The number of fused-ring (bicyclic) bond motifs is 1. The molecule has 7 heteroatoms. The third kappa shape index (κ3) is 3.83. The van der Waals surface area contributed by atoms with E-state index in [1.807, 2.05) is 12.1 Å². The topological polar surface area (TPSA) is 53.9 Å². The lowest BCUT2D eigenvalue weighted by atomic mass is 10.0. The van der Waals surface area contributed by atoms with Crippen molar-refractivity contribution < 1.29 is 9.13 Å². The number of nitrogens with zero attached hydrogens (tertiary/aromatic N) is 5. The predicted octanol–water partition coefficient (Wildman–Crippen LogP) is 2.85. The smallest absolute Gasteiger partial charge is 0.132 e. The second-order valence-corrected chi connectivity index (χ2v) is 8.31. The molecule has 2 aromatic rings. The van der Waals surface area contributed by atoms with E-state index in [9.17, 15) is 4.39 Å². The highest BCUT2D eigenvalue weighted by atomic mass is 19.1. The number of anilines is 1. The molecule has 2 aliphatic heterocycles. The molecule has 152 valence electrons. The first-order chi connectivity index (χ1) is 14.1. The van der Waals surface area contributed by atoms with Gasteiger partial charge in [0.05, 0.1) is 18.0 Å². The van der Waals surface area contributed by atoms with Crippen LogP contribution in [0.1, 0.15) is 36.6 Å². The zero-order valence-electron chi connectivity index (χ0n) is 16.8. The van der Waals surface area contributed by atoms with Gasteiger partial charge in [0.2, 0.25) is 0 Å². The number of piperazine rings is 1. The van der Waals surface area contributed by atoms with Gasteiger partial charge in [-0.25, -0.2) is 14.4 Å². The molecule has 0 spiro atoms. The van der Waals surface area contributed by atoms with Gasteiger partial charge in [-0.3, -0.25) is 9.89 Å². The summed E-state index contributed by atoms with van der Waals surface area (Å²) in [5.74, 6) is 1.81. The van der Waals surface area contributed by atoms with Gasteiger partial charge in [-0.1, -0.05) is 6.07 Å². The minimum atomic E-state index is -0.290. The molecule has 0 atom stereocenters. The zero-order valence-corrected chi connectivity index (χ0v) is 16.8. The summed E-state index contributed by atoms with van der Waals surface area (Å²) in [6.45, 7) is 6.44. The molecule has 1 saturated carbocycles. The first-order valence-corrected chi connectivity index (χ1v) is 10.4. The fourth-order valence-electron chi connectivity index (χ4n) is 3.98. The van der Waals surface area contributed by atoms with Gasteiger partial charge in [0, 0.05) is 44.4 Å². The molecular formula is C22H26FN5O. The molecular weight excluding hydrogens is 369 g/mol. The highest BCUT2D eigenvalue weighted by molar-refractivity contribution is 6.14. The lowest BCUT2D eigenvalue weighted by Crippen LogP contribution is -2.47. The number of hydrogen-bond donors (Lipinski definition) is 0. The predicted molar refractivity (Wildman–Crippen MR) is 111 cm³/mol. The van der Waals surface area contributed by atoms with Gasteiger partial charge < -0.3 is 9.64 Å². The van der Waals surface area contributed by atoms with E-state index in [0.29, 0.717) is 13.1 Å². The molecule has 6 nitrogen and oxygen atoms in total. The van der Waals surface area contributed by atoms with Crippen molar-refractivity contribution >= 4 is 11.5 Å². The lowest BCUT2D eigenvalue weighted by molar-refractivity contribution is 0.200. The summed E-state index contributed by atoms with van der Waals surface area (Å²) in [6, 6.07) is 8.28. The van der Waals surface area contributed by atoms with Crippen molar-refractivity contribution in [3.05, 3.63) is 47.4 Å². The van der Waals surface area contributed by atoms with Crippen LogP contribution in [0.5, 0.6) is 5.75 Å². The van der Waals surface area contributed by atoms with Gasteiger partial charge in [-0.05, 0) is 37.5 Å². The summed E-state index contributed by atoms with van der Waals surface area (Å²) >= 11 is 0. The Bertz CT molecular complexity index is 935. The second-order valence-electron chi connectivity index (χ2n) is 8.31. The van der Waals surface area contributed by atoms with Crippen LogP contribution in [-0.2, 0) is 6.54 Å². The summed E-state index contributed by atoms with van der Waals surface area (Å²) in [5, 5.41) is 0. The van der Waals surface area contributed by atoms with E-state index < -0.39 is 0 Å². The van der Waals surface area contributed by atoms with Gasteiger partial charge in [-0.15, -0.1) is 0 Å².